The Kier molecular flexibility index (Phi) is 5.79. The summed E-state index contributed by atoms with van der Waals surface area (Å²) in [6.07, 6.45) is 8.04. The highest BCUT2D eigenvalue weighted by Gasteiger charge is 2.27. The third-order valence-corrected chi connectivity index (χ3v) is 5.27. The van der Waals surface area contributed by atoms with Crippen molar-refractivity contribution in [3.8, 4) is 5.75 Å². The van der Waals surface area contributed by atoms with Gasteiger partial charge in [0.25, 0.3) is 0 Å². The SMILES string of the molecule is CCOc1ccc(NC2CCN(C3CCCC3)CC2)cc1CO. The Labute approximate surface area is 139 Å². The van der Waals surface area contributed by atoms with Crippen LogP contribution in [0.5, 0.6) is 5.75 Å². The van der Waals surface area contributed by atoms with E-state index < -0.39 is 0 Å². The summed E-state index contributed by atoms with van der Waals surface area (Å²) in [5.41, 5.74) is 1.96. The molecule has 3 rings (SSSR count). The molecule has 128 valence electrons. The average Bonchev–Trinajstić information content (AvgIpc) is 3.11. The average molecular weight is 318 g/mol. The molecule has 23 heavy (non-hydrogen) atoms. The summed E-state index contributed by atoms with van der Waals surface area (Å²) in [5.74, 6) is 0.789. The van der Waals surface area contributed by atoms with Crippen molar-refractivity contribution in [2.75, 3.05) is 25.0 Å². The first-order valence-corrected chi connectivity index (χ1v) is 9.17. The quantitative estimate of drug-likeness (QED) is 0.844. The van der Waals surface area contributed by atoms with E-state index in [4.69, 9.17) is 4.74 Å². The lowest BCUT2D eigenvalue weighted by atomic mass is 10.0. The first-order chi connectivity index (χ1) is 11.3. The van der Waals surface area contributed by atoms with E-state index in [2.05, 4.69) is 16.3 Å². The van der Waals surface area contributed by atoms with Crippen LogP contribution in [0.25, 0.3) is 0 Å². The molecular weight excluding hydrogens is 288 g/mol. The molecule has 0 aromatic heterocycles. The van der Waals surface area contributed by atoms with E-state index in [1.165, 1.54) is 51.6 Å². The normalized spacial score (nSPS) is 20.8. The number of hydrogen-bond donors (Lipinski definition) is 2. The van der Waals surface area contributed by atoms with Crippen LogP contribution in [-0.2, 0) is 6.61 Å². The largest absolute Gasteiger partial charge is 0.494 e. The number of anilines is 1. The number of ether oxygens (including phenoxy) is 1. The minimum absolute atomic E-state index is 0.0188. The van der Waals surface area contributed by atoms with Gasteiger partial charge in [-0.05, 0) is 50.8 Å². The molecule has 1 aromatic rings. The molecular formula is C19H30N2O2. The number of aliphatic hydroxyl groups excluding tert-OH is 1. The fourth-order valence-electron chi connectivity index (χ4n) is 4.00. The van der Waals surface area contributed by atoms with E-state index >= 15 is 0 Å². The number of hydrogen-bond acceptors (Lipinski definition) is 4. The molecule has 0 spiro atoms. The van der Waals surface area contributed by atoms with Gasteiger partial charge in [0.15, 0.2) is 0 Å². The van der Waals surface area contributed by atoms with E-state index in [9.17, 15) is 5.11 Å². The molecule has 1 saturated carbocycles. The molecule has 1 heterocycles. The van der Waals surface area contributed by atoms with Crippen molar-refractivity contribution in [3.63, 3.8) is 0 Å². The van der Waals surface area contributed by atoms with Crippen LogP contribution < -0.4 is 10.1 Å². The first kappa shape index (κ1) is 16.6. The fraction of sp³-hybridized carbons (Fsp3) is 0.684. The van der Waals surface area contributed by atoms with Crippen molar-refractivity contribution in [3.05, 3.63) is 23.8 Å². The number of rotatable bonds is 6. The Morgan fingerprint density at radius 1 is 1.17 bits per heavy atom. The predicted octanol–water partition coefficient (Wildman–Crippen LogP) is 3.40. The minimum Gasteiger partial charge on any atom is -0.494 e. The Balaban J connectivity index is 1.53. The number of aliphatic hydroxyl groups is 1. The smallest absolute Gasteiger partial charge is 0.124 e. The highest BCUT2D eigenvalue weighted by atomic mass is 16.5. The maximum atomic E-state index is 9.52. The van der Waals surface area contributed by atoms with Crippen molar-refractivity contribution in [2.45, 2.75) is 64.1 Å². The monoisotopic (exact) mass is 318 g/mol. The summed E-state index contributed by atoms with van der Waals surface area (Å²) < 4.78 is 5.55. The van der Waals surface area contributed by atoms with Crippen molar-refractivity contribution >= 4 is 5.69 Å². The van der Waals surface area contributed by atoms with Crippen LogP contribution in [-0.4, -0.2) is 41.8 Å². The van der Waals surface area contributed by atoms with Crippen molar-refractivity contribution in [2.24, 2.45) is 0 Å². The summed E-state index contributed by atoms with van der Waals surface area (Å²) in [5, 5.41) is 13.2. The summed E-state index contributed by atoms with van der Waals surface area (Å²) in [7, 11) is 0. The van der Waals surface area contributed by atoms with Crippen molar-refractivity contribution in [1.82, 2.24) is 4.90 Å². The van der Waals surface area contributed by atoms with Gasteiger partial charge < -0.3 is 20.1 Å². The van der Waals surface area contributed by atoms with E-state index in [-0.39, 0.29) is 6.61 Å². The number of likely N-dealkylation sites (tertiary alicyclic amines) is 1. The molecule has 4 heteroatoms. The molecule has 1 saturated heterocycles. The topological polar surface area (TPSA) is 44.7 Å². The summed E-state index contributed by atoms with van der Waals surface area (Å²) in [6.45, 7) is 5.04. The van der Waals surface area contributed by atoms with Gasteiger partial charge in [-0.15, -0.1) is 0 Å². The van der Waals surface area contributed by atoms with Crippen LogP contribution in [0, 0.1) is 0 Å². The van der Waals surface area contributed by atoms with Crippen molar-refractivity contribution < 1.29 is 9.84 Å². The van der Waals surface area contributed by atoms with Crippen LogP contribution >= 0.6 is 0 Å². The summed E-state index contributed by atoms with van der Waals surface area (Å²) >= 11 is 0. The first-order valence-electron chi connectivity index (χ1n) is 9.17. The molecule has 0 amide bonds. The second-order valence-electron chi connectivity index (χ2n) is 6.81. The molecule has 2 aliphatic rings. The zero-order valence-electron chi connectivity index (χ0n) is 14.3. The maximum absolute atomic E-state index is 9.52. The van der Waals surface area contributed by atoms with Gasteiger partial charge in [-0.2, -0.15) is 0 Å². The molecule has 1 aromatic carbocycles. The third-order valence-electron chi connectivity index (χ3n) is 5.27. The number of piperidine rings is 1. The van der Waals surface area contributed by atoms with Gasteiger partial charge in [0.1, 0.15) is 5.75 Å². The fourth-order valence-corrected chi connectivity index (χ4v) is 4.00. The zero-order valence-corrected chi connectivity index (χ0v) is 14.3. The Bertz CT molecular complexity index is 492. The van der Waals surface area contributed by atoms with Gasteiger partial charge in [0, 0.05) is 36.4 Å². The molecule has 0 atom stereocenters. The minimum atomic E-state index is 0.0188. The van der Waals surface area contributed by atoms with E-state index in [0.29, 0.717) is 12.6 Å². The standard InChI is InChI=1S/C19H30N2O2/c1-2-23-19-8-7-17(13-15(19)14-22)20-16-9-11-21(12-10-16)18-5-3-4-6-18/h7-8,13,16,18,20,22H,2-6,9-12,14H2,1H3. The van der Waals surface area contributed by atoms with E-state index in [1.807, 2.05) is 19.1 Å². The maximum Gasteiger partial charge on any atom is 0.124 e. The lowest BCUT2D eigenvalue weighted by molar-refractivity contribution is 0.159. The third kappa shape index (κ3) is 4.18. The van der Waals surface area contributed by atoms with E-state index in [0.717, 1.165) is 23.0 Å². The molecule has 0 unspecified atom stereocenters. The van der Waals surface area contributed by atoms with Gasteiger partial charge in [-0.25, -0.2) is 0 Å². The number of nitrogens with one attached hydrogen (secondary N) is 1. The Morgan fingerprint density at radius 3 is 2.57 bits per heavy atom. The van der Waals surface area contributed by atoms with Crippen LogP contribution in [0.3, 0.4) is 0 Å². The molecule has 0 radical (unpaired) electrons. The van der Waals surface area contributed by atoms with E-state index in [1.54, 1.807) is 0 Å². The molecule has 1 aliphatic heterocycles. The molecule has 2 N–H and O–H groups in total. The molecule has 0 bridgehead atoms. The van der Waals surface area contributed by atoms with Gasteiger partial charge >= 0.3 is 0 Å². The predicted molar refractivity (Wildman–Crippen MR) is 94.0 cm³/mol. The highest BCUT2D eigenvalue weighted by Crippen LogP contribution is 2.28. The summed E-state index contributed by atoms with van der Waals surface area (Å²) in [6, 6.07) is 7.44. The summed E-state index contributed by atoms with van der Waals surface area (Å²) in [4.78, 5) is 2.70. The highest BCUT2D eigenvalue weighted by molar-refractivity contribution is 5.51. The van der Waals surface area contributed by atoms with Crippen LogP contribution in [0.1, 0.15) is 51.0 Å². The second kappa shape index (κ2) is 8.02. The number of benzene rings is 1. The van der Waals surface area contributed by atoms with Gasteiger partial charge in [-0.1, -0.05) is 12.8 Å². The Hall–Kier alpha value is -1.26. The molecule has 4 nitrogen and oxygen atoms in total. The van der Waals surface area contributed by atoms with Crippen LogP contribution in [0.15, 0.2) is 18.2 Å². The zero-order chi connectivity index (χ0) is 16.1. The Morgan fingerprint density at radius 2 is 1.91 bits per heavy atom. The van der Waals surface area contributed by atoms with Gasteiger partial charge in [0.2, 0.25) is 0 Å². The van der Waals surface area contributed by atoms with Gasteiger partial charge in [0.05, 0.1) is 13.2 Å². The second-order valence-corrected chi connectivity index (χ2v) is 6.81. The number of nitrogens with zero attached hydrogens (tertiary/aromatic N) is 1. The van der Waals surface area contributed by atoms with Crippen molar-refractivity contribution in [1.29, 1.82) is 0 Å². The van der Waals surface area contributed by atoms with Gasteiger partial charge in [-0.3, -0.25) is 0 Å². The molecule has 2 fully saturated rings. The lowest BCUT2D eigenvalue weighted by Crippen LogP contribution is -2.43. The lowest BCUT2D eigenvalue weighted by Gasteiger charge is -2.36. The van der Waals surface area contributed by atoms with Crippen LogP contribution in [0.2, 0.25) is 0 Å². The molecule has 1 aliphatic carbocycles. The van der Waals surface area contributed by atoms with Crippen LogP contribution in [0.4, 0.5) is 5.69 Å².